The van der Waals surface area contributed by atoms with Crippen molar-refractivity contribution in [2.45, 2.75) is 13.3 Å². The molecule has 2 heterocycles. The number of rotatable bonds is 3. The third-order valence-electron chi connectivity index (χ3n) is 4.34. The molecule has 0 bridgehead atoms. The van der Waals surface area contributed by atoms with E-state index in [1.807, 2.05) is 19.1 Å². The Labute approximate surface area is 142 Å². The highest BCUT2D eigenvalue weighted by atomic mass is 79.9. The summed E-state index contributed by atoms with van der Waals surface area (Å²) in [6.45, 7) is 3.63. The van der Waals surface area contributed by atoms with Crippen LogP contribution >= 0.6 is 15.9 Å². The van der Waals surface area contributed by atoms with Gasteiger partial charge in [-0.1, -0.05) is 22.9 Å². The molecule has 1 amide bonds. The Balaban J connectivity index is 1.72. The van der Waals surface area contributed by atoms with Crippen LogP contribution in [0, 0.1) is 11.8 Å². The van der Waals surface area contributed by atoms with Gasteiger partial charge in [-0.25, -0.2) is 0 Å². The van der Waals surface area contributed by atoms with E-state index in [0.717, 1.165) is 10.0 Å². The standard InChI is InChI=1S/C16H18BrNO5/c1-9-7-18(8-11(9)16(20)21)15(19)5-10-4-13-14(6-12(10)17)23-3-2-22-13/h4,6,9,11H,2-3,5,7-8H2,1H3,(H,20,21)/t9-,11-/m1/s1. The van der Waals surface area contributed by atoms with E-state index in [1.54, 1.807) is 4.90 Å². The summed E-state index contributed by atoms with van der Waals surface area (Å²) >= 11 is 3.46. The van der Waals surface area contributed by atoms with Gasteiger partial charge in [0, 0.05) is 17.6 Å². The average molecular weight is 384 g/mol. The zero-order chi connectivity index (χ0) is 16.6. The first-order valence-corrected chi connectivity index (χ1v) is 8.33. The molecule has 0 saturated carbocycles. The van der Waals surface area contributed by atoms with Crippen molar-refractivity contribution in [3.05, 3.63) is 22.2 Å². The van der Waals surface area contributed by atoms with E-state index in [-0.39, 0.29) is 24.8 Å². The quantitative estimate of drug-likeness (QED) is 0.862. The molecule has 1 aromatic rings. The second-order valence-electron chi connectivity index (χ2n) is 5.98. The molecule has 124 valence electrons. The lowest BCUT2D eigenvalue weighted by Gasteiger charge is -2.21. The maximum atomic E-state index is 12.5. The Morgan fingerprint density at radius 1 is 1.26 bits per heavy atom. The van der Waals surface area contributed by atoms with Crippen LogP contribution in [0.2, 0.25) is 0 Å². The Bertz CT molecular complexity index is 648. The van der Waals surface area contributed by atoms with Crippen molar-refractivity contribution >= 4 is 27.8 Å². The van der Waals surface area contributed by atoms with Gasteiger partial charge in [-0.15, -0.1) is 0 Å². The van der Waals surface area contributed by atoms with Crippen molar-refractivity contribution in [2.24, 2.45) is 11.8 Å². The van der Waals surface area contributed by atoms with Crippen molar-refractivity contribution in [1.29, 1.82) is 0 Å². The summed E-state index contributed by atoms with van der Waals surface area (Å²) in [7, 11) is 0. The highest BCUT2D eigenvalue weighted by molar-refractivity contribution is 9.10. The summed E-state index contributed by atoms with van der Waals surface area (Å²) in [4.78, 5) is 25.3. The number of halogens is 1. The number of carbonyl (C=O) groups excluding carboxylic acids is 1. The number of nitrogens with zero attached hydrogens (tertiary/aromatic N) is 1. The molecule has 0 radical (unpaired) electrons. The smallest absolute Gasteiger partial charge is 0.308 e. The number of benzene rings is 1. The molecular formula is C16H18BrNO5. The molecule has 3 rings (SSSR count). The van der Waals surface area contributed by atoms with E-state index in [2.05, 4.69) is 15.9 Å². The zero-order valence-electron chi connectivity index (χ0n) is 12.8. The fourth-order valence-corrected chi connectivity index (χ4v) is 3.47. The normalized spacial score (nSPS) is 23.0. The molecule has 1 fully saturated rings. The predicted octanol–water partition coefficient (Wildman–Crippen LogP) is 1.94. The van der Waals surface area contributed by atoms with Crippen LogP contribution in [0.3, 0.4) is 0 Å². The summed E-state index contributed by atoms with van der Waals surface area (Å²) in [5, 5.41) is 9.17. The minimum absolute atomic E-state index is 0.0276. The van der Waals surface area contributed by atoms with Crippen molar-refractivity contribution in [3.8, 4) is 11.5 Å². The highest BCUT2D eigenvalue weighted by Crippen LogP contribution is 2.36. The van der Waals surface area contributed by atoms with Gasteiger partial charge >= 0.3 is 5.97 Å². The van der Waals surface area contributed by atoms with E-state index in [4.69, 9.17) is 9.47 Å². The van der Waals surface area contributed by atoms with Gasteiger partial charge in [-0.2, -0.15) is 0 Å². The van der Waals surface area contributed by atoms with E-state index in [0.29, 0.717) is 31.3 Å². The molecule has 2 aliphatic heterocycles. The van der Waals surface area contributed by atoms with Gasteiger partial charge < -0.3 is 19.5 Å². The van der Waals surface area contributed by atoms with Crippen molar-refractivity contribution in [1.82, 2.24) is 4.90 Å². The SMILES string of the molecule is C[C@@H]1CN(C(=O)Cc2cc3c(cc2Br)OCCO3)C[C@H]1C(=O)O. The molecule has 7 heteroatoms. The predicted molar refractivity (Wildman–Crippen MR) is 85.7 cm³/mol. The van der Waals surface area contributed by atoms with Gasteiger partial charge in [0.1, 0.15) is 13.2 Å². The van der Waals surface area contributed by atoms with Gasteiger partial charge in [-0.3, -0.25) is 9.59 Å². The van der Waals surface area contributed by atoms with Crippen LogP contribution in [-0.4, -0.2) is 48.2 Å². The van der Waals surface area contributed by atoms with E-state index in [9.17, 15) is 14.7 Å². The van der Waals surface area contributed by atoms with Crippen LogP contribution in [-0.2, 0) is 16.0 Å². The maximum Gasteiger partial charge on any atom is 0.308 e. The van der Waals surface area contributed by atoms with Crippen molar-refractivity contribution in [3.63, 3.8) is 0 Å². The summed E-state index contributed by atoms with van der Waals surface area (Å²) in [5.74, 6) is -0.116. The molecule has 6 nitrogen and oxygen atoms in total. The molecule has 0 unspecified atom stereocenters. The molecule has 1 saturated heterocycles. The Hall–Kier alpha value is -1.76. The second-order valence-corrected chi connectivity index (χ2v) is 6.84. The van der Waals surface area contributed by atoms with Crippen LogP contribution < -0.4 is 9.47 Å². The third-order valence-corrected chi connectivity index (χ3v) is 5.07. The Morgan fingerprint density at radius 3 is 2.52 bits per heavy atom. The fraction of sp³-hybridized carbons (Fsp3) is 0.500. The number of carboxylic acid groups (broad SMARTS) is 1. The van der Waals surface area contributed by atoms with Crippen LogP contribution in [0.5, 0.6) is 11.5 Å². The van der Waals surface area contributed by atoms with Crippen LogP contribution in [0.25, 0.3) is 0 Å². The summed E-state index contributed by atoms with van der Waals surface area (Å²) in [6, 6.07) is 3.62. The molecule has 23 heavy (non-hydrogen) atoms. The highest BCUT2D eigenvalue weighted by Gasteiger charge is 2.36. The number of likely N-dealkylation sites (tertiary alicyclic amines) is 1. The molecule has 0 spiro atoms. The van der Waals surface area contributed by atoms with Gasteiger partial charge in [0.05, 0.1) is 12.3 Å². The average Bonchev–Trinajstić information content (AvgIpc) is 2.90. The number of amides is 1. The summed E-state index contributed by atoms with van der Waals surface area (Å²) < 4.78 is 11.8. The molecule has 0 aliphatic carbocycles. The molecule has 1 aromatic carbocycles. The lowest BCUT2D eigenvalue weighted by atomic mass is 9.99. The van der Waals surface area contributed by atoms with Gasteiger partial charge in [0.15, 0.2) is 11.5 Å². The first-order chi connectivity index (χ1) is 11.0. The lowest BCUT2D eigenvalue weighted by molar-refractivity contribution is -0.142. The number of carboxylic acids is 1. The Kier molecular flexibility index (Phi) is 4.48. The van der Waals surface area contributed by atoms with Crippen LogP contribution in [0.1, 0.15) is 12.5 Å². The second kappa shape index (κ2) is 6.39. The van der Waals surface area contributed by atoms with Crippen LogP contribution in [0.4, 0.5) is 0 Å². The molecular weight excluding hydrogens is 366 g/mol. The molecule has 2 atom stereocenters. The first-order valence-electron chi connectivity index (χ1n) is 7.54. The van der Waals surface area contributed by atoms with E-state index in [1.165, 1.54) is 0 Å². The maximum absolute atomic E-state index is 12.5. The molecule has 0 aromatic heterocycles. The molecule has 1 N–H and O–H groups in total. The number of fused-ring (bicyclic) bond motifs is 1. The van der Waals surface area contributed by atoms with E-state index >= 15 is 0 Å². The van der Waals surface area contributed by atoms with E-state index < -0.39 is 11.9 Å². The number of hydrogen-bond acceptors (Lipinski definition) is 4. The Morgan fingerprint density at radius 2 is 1.91 bits per heavy atom. The van der Waals surface area contributed by atoms with Crippen molar-refractivity contribution in [2.75, 3.05) is 26.3 Å². The van der Waals surface area contributed by atoms with Gasteiger partial charge in [0.2, 0.25) is 5.91 Å². The fourth-order valence-electron chi connectivity index (χ4n) is 3.01. The minimum atomic E-state index is -0.840. The van der Waals surface area contributed by atoms with Gasteiger partial charge in [-0.05, 0) is 23.6 Å². The number of aliphatic carboxylic acids is 1. The zero-order valence-corrected chi connectivity index (χ0v) is 14.3. The monoisotopic (exact) mass is 383 g/mol. The number of ether oxygens (including phenoxy) is 2. The third kappa shape index (κ3) is 3.29. The number of carbonyl (C=O) groups is 2. The summed E-state index contributed by atoms with van der Waals surface area (Å²) in [5.41, 5.74) is 0.811. The van der Waals surface area contributed by atoms with Crippen LogP contribution in [0.15, 0.2) is 16.6 Å². The lowest BCUT2D eigenvalue weighted by Crippen LogP contribution is -2.31. The minimum Gasteiger partial charge on any atom is -0.486 e. The first kappa shape index (κ1) is 16.1. The molecule has 2 aliphatic rings. The topological polar surface area (TPSA) is 76.1 Å². The van der Waals surface area contributed by atoms with Gasteiger partial charge in [0.25, 0.3) is 0 Å². The summed E-state index contributed by atoms with van der Waals surface area (Å²) in [6.07, 6.45) is 0.205. The largest absolute Gasteiger partial charge is 0.486 e. The number of hydrogen-bond donors (Lipinski definition) is 1. The van der Waals surface area contributed by atoms with Crippen molar-refractivity contribution < 1.29 is 24.2 Å².